The van der Waals surface area contributed by atoms with Crippen LogP contribution in [0.15, 0.2) is 48.7 Å². The van der Waals surface area contributed by atoms with Gasteiger partial charge in [0.25, 0.3) is 0 Å². The third kappa shape index (κ3) is 2.76. The Balaban J connectivity index is 2.23. The van der Waals surface area contributed by atoms with E-state index in [0.29, 0.717) is 23.9 Å². The van der Waals surface area contributed by atoms with Crippen LogP contribution in [-0.4, -0.2) is 29.0 Å². The summed E-state index contributed by atoms with van der Waals surface area (Å²) in [6.07, 6.45) is 1.73. The second kappa shape index (κ2) is 6.50. The van der Waals surface area contributed by atoms with E-state index in [-0.39, 0.29) is 0 Å². The van der Waals surface area contributed by atoms with Crippen molar-refractivity contribution in [2.75, 3.05) is 14.2 Å². The van der Waals surface area contributed by atoms with Crippen molar-refractivity contribution < 1.29 is 9.47 Å². The topological polar surface area (TPSA) is 75.2 Å². The first-order valence-electron chi connectivity index (χ1n) is 7.20. The minimum Gasteiger partial charge on any atom is -0.493 e. The number of ether oxygens (including phenoxy) is 2. The summed E-state index contributed by atoms with van der Waals surface area (Å²) in [6.45, 7) is 0.346. The van der Waals surface area contributed by atoms with Crippen molar-refractivity contribution in [3.05, 3.63) is 54.4 Å². The summed E-state index contributed by atoms with van der Waals surface area (Å²) in [5, 5.41) is 4.54. The molecule has 0 saturated carbocycles. The van der Waals surface area contributed by atoms with E-state index in [4.69, 9.17) is 15.2 Å². The molecule has 0 saturated heterocycles. The zero-order valence-electron chi connectivity index (χ0n) is 13.1. The molecule has 0 bridgehead atoms. The molecular formula is C17H18N4O2. The molecule has 3 aromatic rings. The van der Waals surface area contributed by atoms with Crippen molar-refractivity contribution in [1.82, 2.24) is 14.8 Å². The first-order valence-corrected chi connectivity index (χ1v) is 7.20. The Morgan fingerprint density at radius 1 is 1.09 bits per heavy atom. The number of benzene rings is 1. The van der Waals surface area contributed by atoms with Crippen molar-refractivity contribution in [3.8, 4) is 28.6 Å². The first kappa shape index (κ1) is 15.1. The lowest BCUT2D eigenvalue weighted by atomic mass is 10.1. The molecule has 0 aliphatic heterocycles. The van der Waals surface area contributed by atoms with Gasteiger partial charge in [0.15, 0.2) is 17.3 Å². The normalized spacial score (nSPS) is 10.6. The van der Waals surface area contributed by atoms with Crippen LogP contribution in [0, 0.1) is 0 Å². The van der Waals surface area contributed by atoms with Gasteiger partial charge in [0, 0.05) is 18.3 Å². The van der Waals surface area contributed by atoms with Gasteiger partial charge in [0.2, 0.25) is 0 Å². The lowest BCUT2D eigenvalue weighted by Gasteiger charge is -2.13. The molecule has 6 nitrogen and oxygen atoms in total. The fourth-order valence-electron chi connectivity index (χ4n) is 2.46. The number of hydrogen-bond acceptors (Lipinski definition) is 5. The van der Waals surface area contributed by atoms with Gasteiger partial charge < -0.3 is 15.2 Å². The largest absolute Gasteiger partial charge is 0.493 e. The maximum atomic E-state index is 5.76. The van der Waals surface area contributed by atoms with E-state index >= 15 is 0 Å². The van der Waals surface area contributed by atoms with Gasteiger partial charge in [-0.1, -0.05) is 12.1 Å². The van der Waals surface area contributed by atoms with Gasteiger partial charge in [0.05, 0.1) is 25.6 Å². The van der Waals surface area contributed by atoms with E-state index in [9.17, 15) is 0 Å². The first-order chi connectivity index (χ1) is 11.3. The summed E-state index contributed by atoms with van der Waals surface area (Å²) >= 11 is 0. The molecule has 0 aliphatic rings. The van der Waals surface area contributed by atoms with E-state index in [1.54, 1.807) is 25.1 Å². The number of pyridine rings is 1. The summed E-state index contributed by atoms with van der Waals surface area (Å²) in [4.78, 5) is 4.37. The average Bonchev–Trinajstić information content (AvgIpc) is 3.06. The Labute approximate surface area is 134 Å². The molecular weight excluding hydrogens is 292 g/mol. The van der Waals surface area contributed by atoms with Gasteiger partial charge >= 0.3 is 0 Å². The lowest BCUT2D eigenvalue weighted by molar-refractivity contribution is 0.356. The van der Waals surface area contributed by atoms with Gasteiger partial charge in [-0.3, -0.25) is 0 Å². The second-order valence-electron chi connectivity index (χ2n) is 4.87. The molecule has 2 heterocycles. The molecule has 118 valence electrons. The molecule has 2 N–H and O–H groups in total. The highest BCUT2D eigenvalue weighted by Gasteiger charge is 2.18. The van der Waals surface area contributed by atoms with E-state index in [0.717, 1.165) is 17.0 Å². The molecule has 0 spiro atoms. The minimum atomic E-state index is 0.346. The number of para-hydroxylation sites is 1. The quantitative estimate of drug-likeness (QED) is 0.783. The third-order valence-corrected chi connectivity index (χ3v) is 3.51. The van der Waals surface area contributed by atoms with Crippen LogP contribution in [0.3, 0.4) is 0 Å². The van der Waals surface area contributed by atoms with Gasteiger partial charge in [-0.05, 0) is 30.3 Å². The monoisotopic (exact) mass is 310 g/mol. The second-order valence-corrected chi connectivity index (χ2v) is 4.87. The van der Waals surface area contributed by atoms with E-state index in [1.165, 1.54) is 0 Å². The predicted octanol–water partition coefficient (Wildman–Crippen LogP) is 2.41. The van der Waals surface area contributed by atoms with Crippen LogP contribution in [0.25, 0.3) is 17.1 Å². The van der Waals surface area contributed by atoms with Gasteiger partial charge in [-0.25, -0.2) is 9.67 Å². The number of aromatic nitrogens is 3. The predicted molar refractivity (Wildman–Crippen MR) is 87.8 cm³/mol. The van der Waals surface area contributed by atoms with E-state index in [2.05, 4.69) is 10.1 Å². The minimum absolute atomic E-state index is 0.346. The van der Waals surface area contributed by atoms with E-state index < -0.39 is 0 Å². The summed E-state index contributed by atoms with van der Waals surface area (Å²) in [5.74, 6) is 2.02. The fraction of sp³-hybridized carbons (Fsp3) is 0.176. The number of rotatable bonds is 5. The summed E-state index contributed by atoms with van der Waals surface area (Å²) in [5.41, 5.74) is 8.25. The third-order valence-electron chi connectivity index (χ3n) is 3.51. The highest BCUT2D eigenvalue weighted by molar-refractivity contribution is 5.72. The lowest BCUT2D eigenvalue weighted by Crippen LogP contribution is -2.04. The molecule has 1 aromatic carbocycles. The molecule has 0 atom stereocenters. The Bertz CT molecular complexity index is 800. The standard InChI is InChI=1S/C17H18N4O2/c1-22-15-7-5-6-13(17(15)23-2)14-10-12(11-18)20-21(14)16-8-3-4-9-19-16/h3-10H,11,18H2,1-2H3. The Kier molecular flexibility index (Phi) is 4.25. The van der Waals surface area contributed by atoms with Crippen molar-refractivity contribution >= 4 is 0 Å². The molecule has 0 unspecified atom stereocenters. The number of hydrogen-bond donors (Lipinski definition) is 1. The number of nitrogens with two attached hydrogens (primary N) is 1. The van der Waals surface area contributed by atoms with Crippen molar-refractivity contribution in [1.29, 1.82) is 0 Å². The summed E-state index contributed by atoms with van der Waals surface area (Å²) < 4.78 is 12.7. The summed E-state index contributed by atoms with van der Waals surface area (Å²) in [7, 11) is 3.23. The zero-order chi connectivity index (χ0) is 16.2. The molecule has 0 amide bonds. The Hall–Kier alpha value is -2.86. The average molecular weight is 310 g/mol. The van der Waals surface area contributed by atoms with Gasteiger partial charge in [-0.2, -0.15) is 5.10 Å². The molecule has 3 rings (SSSR count). The van der Waals surface area contributed by atoms with Crippen LogP contribution < -0.4 is 15.2 Å². The van der Waals surface area contributed by atoms with Crippen LogP contribution in [0.4, 0.5) is 0 Å². The van der Waals surface area contributed by atoms with Crippen LogP contribution in [-0.2, 0) is 6.54 Å². The Morgan fingerprint density at radius 2 is 1.96 bits per heavy atom. The van der Waals surface area contributed by atoms with E-state index in [1.807, 2.05) is 42.5 Å². The molecule has 23 heavy (non-hydrogen) atoms. The van der Waals surface area contributed by atoms with Crippen LogP contribution >= 0.6 is 0 Å². The van der Waals surface area contributed by atoms with Crippen LogP contribution in [0.2, 0.25) is 0 Å². The highest BCUT2D eigenvalue weighted by Crippen LogP contribution is 2.38. The zero-order valence-corrected chi connectivity index (χ0v) is 13.1. The van der Waals surface area contributed by atoms with Gasteiger partial charge in [0.1, 0.15) is 0 Å². The fourth-order valence-corrected chi connectivity index (χ4v) is 2.46. The Morgan fingerprint density at radius 3 is 2.61 bits per heavy atom. The van der Waals surface area contributed by atoms with Crippen LogP contribution in [0.1, 0.15) is 5.69 Å². The SMILES string of the molecule is COc1cccc(-c2cc(CN)nn2-c2ccccn2)c1OC. The molecule has 6 heteroatoms. The van der Waals surface area contributed by atoms with Crippen LogP contribution in [0.5, 0.6) is 11.5 Å². The molecule has 0 radical (unpaired) electrons. The maximum absolute atomic E-state index is 5.76. The molecule has 0 aliphatic carbocycles. The summed E-state index contributed by atoms with van der Waals surface area (Å²) in [6, 6.07) is 13.3. The number of methoxy groups -OCH3 is 2. The molecule has 0 fully saturated rings. The van der Waals surface area contributed by atoms with Crippen molar-refractivity contribution in [2.45, 2.75) is 6.54 Å². The smallest absolute Gasteiger partial charge is 0.170 e. The molecule has 2 aromatic heterocycles. The number of nitrogens with zero attached hydrogens (tertiary/aromatic N) is 3. The highest BCUT2D eigenvalue weighted by atomic mass is 16.5. The van der Waals surface area contributed by atoms with Gasteiger partial charge in [-0.15, -0.1) is 0 Å². The maximum Gasteiger partial charge on any atom is 0.170 e. The van der Waals surface area contributed by atoms with Crippen molar-refractivity contribution in [2.24, 2.45) is 5.73 Å². The van der Waals surface area contributed by atoms with Crippen molar-refractivity contribution in [3.63, 3.8) is 0 Å².